The van der Waals surface area contributed by atoms with E-state index in [-0.39, 0.29) is 11.5 Å². The van der Waals surface area contributed by atoms with Gasteiger partial charge in [-0.15, -0.1) is 0 Å². The van der Waals surface area contributed by atoms with Crippen molar-refractivity contribution >= 4 is 22.0 Å². The Labute approximate surface area is 121 Å². The Kier molecular flexibility index (Phi) is 5.28. The number of carbonyl (C=O) groups is 2. The Balaban J connectivity index is 3.06. The molecule has 0 amide bonds. The minimum absolute atomic E-state index is 0.104. The van der Waals surface area contributed by atoms with Gasteiger partial charge in [-0.05, 0) is 32.0 Å². The number of ether oxygens (including phenoxy) is 1. The molecule has 0 fully saturated rings. The smallest absolute Gasteiger partial charge is 0.339 e. The van der Waals surface area contributed by atoms with Crippen molar-refractivity contribution in [3.8, 4) is 5.75 Å². The van der Waals surface area contributed by atoms with Gasteiger partial charge in [0.05, 0.1) is 11.5 Å². The average Bonchev–Trinajstić information content (AvgIpc) is 2.38. The molecule has 3 N–H and O–H groups in total. The average molecular weight is 317 g/mol. The van der Waals surface area contributed by atoms with E-state index in [1.165, 1.54) is 6.92 Å². The van der Waals surface area contributed by atoms with Gasteiger partial charge in [0.1, 0.15) is 17.4 Å². The van der Waals surface area contributed by atoms with E-state index in [0.717, 1.165) is 18.2 Å². The molecule has 116 valence electrons. The normalized spacial score (nSPS) is 12.7. The van der Waals surface area contributed by atoms with Crippen molar-refractivity contribution in [3.63, 3.8) is 0 Å². The molecule has 21 heavy (non-hydrogen) atoms. The monoisotopic (exact) mass is 317 g/mol. The van der Waals surface area contributed by atoms with Crippen LogP contribution in [0.3, 0.4) is 0 Å². The molecule has 0 aliphatic carbocycles. The zero-order chi connectivity index (χ0) is 16.2. The molecule has 9 heteroatoms. The maximum atomic E-state index is 12.0. The van der Waals surface area contributed by atoms with E-state index < -0.39 is 39.3 Å². The molecule has 1 aromatic rings. The third-order valence-electron chi connectivity index (χ3n) is 2.48. The number of esters is 1. The van der Waals surface area contributed by atoms with Crippen molar-refractivity contribution < 1.29 is 33.0 Å². The summed E-state index contributed by atoms with van der Waals surface area (Å²) < 4.78 is 30.8. The number of aromatic hydroxyl groups is 1. The van der Waals surface area contributed by atoms with Crippen LogP contribution in [-0.2, 0) is 19.6 Å². The van der Waals surface area contributed by atoms with Crippen molar-refractivity contribution in [2.45, 2.75) is 24.8 Å². The van der Waals surface area contributed by atoms with E-state index in [4.69, 9.17) is 5.11 Å². The summed E-state index contributed by atoms with van der Waals surface area (Å²) in [6.07, 6.45) is 0. The van der Waals surface area contributed by atoms with Gasteiger partial charge in [0.25, 0.3) is 0 Å². The van der Waals surface area contributed by atoms with Gasteiger partial charge in [0.15, 0.2) is 0 Å². The van der Waals surface area contributed by atoms with Gasteiger partial charge >= 0.3 is 11.9 Å². The fraction of sp³-hybridized carbons (Fsp3) is 0.333. The van der Waals surface area contributed by atoms with E-state index in [2.05, 4.69) is 9.46 Å². The summed E-state index contributed by atoms with van der Waals surface area (Å²) in [6.45, 7) is 2.99. The number of carboxylic acid groups (broad SMARTS) is 1. The summed E-state index contributed by atoms with van der Waals surface area (Å²) in [5.74, 6) is -2.78. The van der Waals surface area contributed by atoms with Gasteiger partial charge in [-0.3, -0.25) is 4.79 Å². The number of nitrogens with one attached hydrogen (secondary N) is 1. The van der Waals surface area contributed by atoms with Crippen LogP contribution in [0, 0.1) is 0 Å². The highest BCUT2D eigenvalue weighted by molar-refractivity contribution is 7.89. The van der Waals surface area contributed by atoms with Crippen LogP contribution in [0.25, 0.3) is 0 Å². The molecule has 0 saturated carbocycles. The van der Waals surface area contributed by atoms with Crippen molar-refractivity contribution in [1.29, 1.82) is 0 Å². The molecule has 1 aromatic carbocycles. The zero-order valence-corrected chi connectivity index (χ0v) is 12.2. The summed E-state index contributed by atoms with van der Waals surface area (Å²) in [5.41, 5.74) is -0.554. The molecule has 1 atom stereocenters. The predicted molar refractivity (Wildman–Crippen MR) is 71.5 cm³/mol. The summed E-state index contributed by atoms with van der Waals surface area (Å²) in [7, 11) is -4.12. The molecule has 0 aliphatic rings. The van der Waals surface area contributed by atoms with Crippen LogP contribution in [0.15, 0.2) is 23.1 Å². The van der Waals surface area contributed by atoms with Gasteiger partial charge in [-0.2, -0.15) is 4.72 Å². The topological polar surface area (TPSA) is 130 Å². The molecule has 0 aliphatic heterocycles. The van der Waals surface area contributed by atoms with Gasteiger partial charge in [-0.25, -0.2) is 13.2 Å². The molecule has 0 saturated heterocycles. The molecular formula is C12H15NO7S. The van der Waals surface area contributed by atoms with E-state index in [1.807, 2.05) is 0 Å². The minimum atomic E-state index is -4.12. The first kappa shape index (κ1) is 16.9. The van der Waals surface area contributed by atoms with Gasteiger partial charge < -0.3 is 14.9 Å². The number of benzene rings is 1. The highest BCUT2D eigenvalue weighted by Crippen LogP contribution is 2.21. The molecule has 0 aromatic heterocycles. The number of hydrogen-bond donors (Lipinski definition) is 3. The van der Waals surface area contributed by atoms with Crippen molar-refractivity contribution in [2.75, 3.05) is 6.61 Å². The van der Waals surface area contributed by atoms with Crippen LogP contribution < -0.4 is 4.72 Å². The zero-order valence-electron chi connectivity index (χ0n) is 11.4. The summed E-state index contributed by atoms with van der Waals surface area (Å²) in [4.78, 5) is 21.9. The molecule has 0 radical (unpaired) electrons. The van der Waals surface area contributed by atoms with Crippen molar-refractivity contribution in [1.82, 2.24) is 4.72 Å². The third kappa shape index (κ3) is 4.17. The van der Waals surface area contributed by atoms with E-state index in [9.17, 15) is 23.1 Å². The van der Waals surface area contributed by atoms with Crippen LogP contribution in [0.2, 0.25) is 0 Å². The van der Waals surface area contributed by atoms with Gasteiger partial charge in [0.2, 0.25) is 10.0 Å². The van der Waals surface area contributed by atoms with Crippen molar-refractivity contribution in [2.24, 2.45) is 0 Å². The number of sulfonamides is 1. The lowest BCUT2D eigenvalue weighted by Gasteiger charge is -2.13. The van der Waals surface area contributed by atoms with E-state index in [1.54, 1.807) is 6.92 Å². The molecule has 1 unspecified atom stereocenters. The lowest BCUT2D eigenvalue weighted by atomic mass is 10.2. The molecule has 0 spiro atoms. The Morgan fingerprint density at radius 3 is 2.52 bits per heavy atom. The summed E-state index contributed by atoms with van der Waals surface area (Å²) in [5, 5.41) is 18.2. The Hall–Kier alpha value is -2.13. The van der Waals surface area contributed by atoms with Gasteiger partial charge in [-0.1, -0.05) is 0 Å². The molecule has 1 rings (SSSR count). The second-order valence-electron chi connectivity index (χ2n) is 4.08. The van der Waals surface area contributed by atoms with Crippen LogP contribution in [0.4, 0.5) is 0 Å². The van der Waals surface area contributed by atoms with Crippen LogP contribution in [-0.4, -0.2) is 43.2 Å². The SMILES string of the molecule is CCOC(=O)C(C)NS(=O)(=O)c1ccc(O)c(C(=O)O)c1. The quantitative estimate of drug-likeness (QED) is 0.644. The standard InChI is InChI=1S/C12H15NO7S/c1-3-20-12(17)7(2)13-21(18,19)8-4-5-10(14)9(6-8)11(15)16/h4-7,13-14H,3H2,1-2H3,(H,15,16). The van der Waals surface area contributed by atoms with E-state index in [0.29, 0.717) is 0 Å². The summed E-state index contributed by atoms with van der Waals surface area (Å²) >= 11 is 0. The highest BCUT2D eigenvalue weighted by atomic mass is 32.2. The Morgan fingerprint density at radius 1 is 1.38 bits per heavy atom. The number of aromatic carboxylic acids is 1. The predicted octanol–water partition coefficient (Wildman–Crippen LogP) is 0.320. The van der Waals surface area contributed by atoms with E-state index >= 15 is 0 Å². The van der Waals surface area contributed by atoms with Crippen molar-refractivity contribution in [3.05, 3.63) is 23.8 Å². The van der Waals surface area contributed by atoms with Crippen LogP contribution in [0.5, 0.6) is 5.75 Å². The third-order valence-corrected chi connectivity index (χ3v) is 4.02. The first-order valence-electron chi connectivity index (χ1n) is 5.94. The first-order valence-corrected chi connectivity index (χ1v) is 7.42. The largest absolute Gasteiger partial charge is 0.507 e. The Bertz CT molecular complexity index is 654. The number of phenols is 1. The maximum absolute atomic E-state index is 12.0. The summed E-state index contributed by atoms with van der Waals surface area (Å²) in [6, 6.07) is 1.66. The molecular weight excluding hydrogens is 302 g/mol. The second-order valence-corrected chi connectivity index (χ2v) is 5.79. The van der Waals surface area contributed by atoms with Gasteiger partial charge in [0, 0.05) is 0 Å². The highest BCUT2D eigenvalue weighted by Gasteiger charge is 2.24. The fourth-order valence-corrected chi connectivity index (χ4v) is 2.69. The molecule has 0 bridgehead atoms. The minimum Gasteiger partial charge on any atom is -0.507 e. The fourth-order valence-electron chi connectivity index (χ4n) is 1.47. The number of carbonyl (C=O) groups excluding carboxylic acids is 1. The first-order chi connectivity index (χ1) is 9.69. The lowest BCUT2D eigenvalue weighted by Crippen LogP contribution is -2.39. The van der Waals surface area contributed by atoms with Crippen LogP contribution in [0.1, 0.15) is 24.2 Å². The number of carboxylic acids is 1. The molecule has 8 nitrogen and oxygen atoms in total. The lowest BCUT2D eigenvalue weighted by molar-refractivity contribution is -0.144. The molecule has 0 heterocycles. The maximum Gasteiger partial charge on any atom is 0.339 e. The Morgan fingerprint density at radius 2 is 2.00 bits per heavy atom. The second kappa shape index (κ2) is 6.55. The van der Waals surface area contributed by atoms with Crippen LogP contribution >= 0.6 is 0 Å². The number of hydrogen-bond acceptors (Lipinski definition) is 6. The number of rotatable bonds is 6.